The molecule has 4 rings (SSSR count). The van der Waals surface area contributed by atoms with Crippen molar-refractivity contribution in [3.63, 3.8) is 0 Å². The number of carbonyl (C=O) groups excluding carboxylic acids is 1. The maximum absolute atomic E-state index is 12.5. The van der Waals surface area contributed by atoms with Crippen molar-refractivity contribution in [2.24, 2.45) is 0 Å². The van der Waals surface area contributed by atoms with Crippen molar-refractivity contribution in [3.8, 4) is 22.6 Å². The zero-order valence-corrected chi connectivity index (χ0v) is 16.5. The highest BCUT2D eigenvalue weighted by Crippen LogP contribution is 2.39. The van der Waals surface area contributed by atoms with Gasteiger partial charge in [-0.15, -0.1) is 11.3 Å². The number of anilines is 1. The van der Waals surface area contributed by atoms with Crippen LogP contribution in [0.15, 0.2) is 42.5 Å². The predicted molar refractivity (Wildman–Crippen MR) is 113 cm³/mol. The average molecular weight is 407 g/mol. The fraction of sp³-hybridized carbons (Fsp3) is 0.0909. The molecular weight excluding hydrogens is 390 g/mol. The SMILES string of the molecule is COc1cc(-c2ccc3c(c2)NC(=O)/C3=C\c2cc(C(=O)O)c(C)s2)ccc1O. The molecule has 0 fully saturated rings. The maximum atomic E-state index is 12.5. The minimum absolute atomic E-state index is 0.0582. The standard InChI is InChI=1S/C22H17NO5S/c1-11-16(22(26)27)9-14(29-11)10-17-15-5-3-12(7-18(15)23-21(17)25)13-4-6-19(24)20(8-13)28-2/h3-10,24H,1-2H3,(H,23,25)(H,26,27)/b17-10-. The first-order valence-corrected chi connectivity index (χ1v) is 9.57. The molecule has 0 bridgehead atoms. The molecule has 6 nitrogen and oxygen atoms in total. The number of carboxylic acid groups (broad SMARTS) is 1. The lowest BCUT2D eigenvalue weighted by Gasteiger charge is -2.08. The average Bonchev–Trinajstić information content (AvgIpc) is 3.21. The number of methoxy groups -OCH3 is 1. The van der Waals surface area contributed by atoms with Crippen molar-refractivity contribution in [2.45, 2.75) is 6.92 Å². The summed E-state index contributed by atoms with van der Waals surface area (Å²) in [5, 5.41) is 21.9. The number of hydrogen-bond donors (Lipinski definition) is 3. The molecule has 1 aromatic heterocycles. The van der Waals surface area contributed by atoms with Crippen molar-refractivity contribution in [1.82, 2.24) is 0 Å². The monoisotopic (exact) mass is 407 g/mol. The molecule has 0 atom stereocenters. The molecule has 3 aromatic rings. The Bertz CT molecular complexity index is 1190. The van der Waals surface area contributed by atoms with Gasteiger partial charge in [0.1, 0.15) is 0 Å². The number of nitrogens with one attached hydrogen (secondary N) is 1. The molecule has 7 heteroatoms. The molecule has 1 aliphatic rings. The van der Waals surface area contributed by atoms with E-state index in [2.05, 4.69) is 5.32 Å². The van der Waals surface area contributed by atoms with Crippen LogP contribution in [0.25, 0.3) is 22.8 Å². The molecule has 0 saturated heterocycles. The van der Waals surface area contributed by atoms with Crippen LogP contribution >= 0.6 is 11.3 Å². The highest BCUT2D eigenvalue weighted by molar-refractivity contribution is 7.13. The molecule has 2 heterocycles. The van der Waals surface area contributed by atoms with Crippen LogP contribution in [0.3, 0.4) is 0 Å². The van der Waals surface area contributed by atoms with Gasteiger partial charge in [0.15, 0.2) is 11.5 Å². The number of rotatable bonds is 4. The van der Waals surface area contributed by atoms with E-state index >= 15 is 0 Å². The van der Waals surface area contributed by atoms with E-state index < -0.39 is 5.97 Å². The molecule has 0 saturated carbocycles. The van der Waals surface area contributed by atoms with E-state index in [0.717, 1.165) is 16.7 Å². The van der Waals surface area contributed by atoms with Gasteiger partial charge in [-0.2, -0.15) is 0 Å². The summed E-state index contributed by atoms with van der Waals surface area (Å²) in [6.07, 6.45) is 1.72. The van der Waals surface area contributed by atoms with Gasteiger partial charge < -0.3 is 20.3 Å². The number of phenolic OH excluding ortho intramolecular Hbond substituents is 1. The minimum Gasteiger partial charge on any atom is -0.504 e. The molecule has 1 amide bonds. The van der Waals surface area contributed by atoms with Crippen molar-refractivity contribution >= 4 is 40.5 Å². The molecule has 2 aromatic carbocycles. The number of aromatic carboxylic acids is 1. The molecule has 0 aliphatic carbocycles. The van der Waals surface area contributed by atoms with Crippen molar-refractivity contribution < 1.29 is 24.5 Å². The summed E-state index contributed by atoms with van der Waals surface area (Å²) in [7, 11) is 1.49. The number of carboxylic acids is 1. The van der Waals surface area contributed by atoms with Gasteiger partial charge in [0.05, 0.1) is 18.2 Å². The Labute approximate surface area is 170 Å². The van der Waals surface area contributed by atoms with Crippen molar-refractivity contribution in [1.29, 1.82) is 0 Å². The van der Waals surface area contributed by atoms with E-state index in [0.29, 0.717) is 26.8 Å². The third-order valence-corrected chi connectivity index (χ3v) is 5.77. The quantitative estimate of drug-likeness (QED) is 0.548. The zero-order valence-electron chi connectivity index (χ0n) is 15.6. The van der Waals surface area contributed by atoms with Crippen LogP contribution in [0.1, 0.15) is 25.7 Å². The van der Waals surface area contributed by atoms with Crippen LogP contribution in [0, 0.1) is 6.92 Å². The number of benzene rings is 2. The van der Waals surface area contributed by atoms with Gasteiger partial charge in [-0.05, 0) is 48.4 Å². The first-order chi connectivity index (χ1) is 13.9. The Morgan fingerprint density at radius 2 is 1.86 bits per heavy atom. The third kappa shape index (κ3) is 3.36. The van der Waals surface area contributed by atoms with Crippen LogP contribution in [-0.2, 0) is 4.79 Å². The number of aryl methyl sites for hydroxylation is 1. The Kier molecular flexibility index (Phi) is 4.60. The molecule has 0 unspecified atom stereocenters. The first kappa shape index (κ1) is 18.8. The number of aromatic hydroxyl groups is 1. The van der Waals surface area contributed by atoms with Gasteiger partial charge in [-0.1, -0.05) is 18.2 Å². The molecule has 0 spiro atoms. The smallest absolute Gasteiger partial charge is 0.336 e. The van der Waals surface area contributed by atoms with Gasteiger partial charge in [0.25, 0.3) is 5.91 Å². The van der Waals surface area contributed by atoms with Crippen LogP contribution in [0.5, 0.6) is 11.5 Å². The third-order valence-electron chi connectivity index (χ3n) is 4.77. The maximum Gasteiger partial charge on any atom is 0.336 e. The predicted octanol–water partition coefficient (Wildman–Crippen LogP) is 4.63. The number of ether oxygens (including phenoxy) is 1. The number of amides is 1. The zero-order chi connectivity index (χ0) is 20.7. The van der Waals surface area contributed by atoms with E-state index in [-0.39, 0.29) is 17.2 Å². The van der Waals surface area contributed by atoms with Crippen LogP contribution in [-0.4, -0.2) is 29.2 Å². The summed E-state index contributed by atoms with van der Waals surface area (Å²) >= 11 is 1.34. The fourth-order valence-corrected chi connectivity index (χ4v) is 4.27. The lowest BCUT2D eigenvalue weighted by molar-refractivity contribution is -0.110. The lowest BCUT2D eigenvalue weighted by atomic mass is 10.00. The van der Waals surface area contributed by atoms with Crippen molar-refractivity contribution in [2.75, 3.05) is 12.4 Å². The van der Waals surface area contributed by atoms with E-state index in [1.165, 1.54) is 18.4 Å². The summed E-state index contributed by atoms with van der Waals surface area (Å²) in [6, 6.07) is 12.2. The Morgan fingerprint density at radius 3 is 2.55 bits per heavy atom. The van der Waals surface area contributed by atoms with Gasteiger partial charge in [0.2, 0.25) is 0 Å². The molecule has 146 valence electrons. The molecule has 29 heavy (non-hydrogen) atoms. The second kappa shape index (κ2) is 7.10. The van der Waals surface area contributed by atoms with E-state index in [9.17, 15) is 19.8 Å². The first-order valence-electron chi connectivity index (χ1n) is 8.76. The van der Waals surface area contributed by atoms with Crippen LogP contribution in [0.2, 0.25) is 0 Å². The second-order valence-electron chi connectivity index (χ2n) is 6.58. The number of fused-ring (bicyclic) bond motifs is 1. The van der Waals surface area contributed by atoms with E-state index in [1.54, 1.807) is 37.3 Å². The number of hydrogen-bond acceptors (Lipinski definition) is 5. The lowest BCUT2D eigenvalue weighted by Crippen LogP contribution is -2.03. The Balaban J connectivity index is 1.72. The highest BCUT2D eigenvalue weighted by atomic mass is 32.1. The van der Waals surface area contributed by atoms with Crippen molar-refractivity contribution in [3.05, 3.63) is 63.3 Å². The number of phenols is 1. The summed E-state index contributed by atoms with van der Waals surface area (Å²) in [6.45, 7) is 1.75. The number of thiophene rings is 1. The summed E-state index contributed by atoms with van der Waals surface area (Å²) in [5.41, 5.74) is 3.88. The summed E-state index contributed by atoms with van der Waals surface area (Å²) < 4.78 is 5.16. The summed E-state index contributed by atoms with van der Waals surface area (Å²) in [5.74, 6) is -0.783. The Hall–Kier alpha value is -3.58. The van der Waals surface area contributed by atoms with Gasteiger partial charge >= 0.3 is 5.97 Å². The minimum atomic E-state index is -0.978. The molecule has 3 N–H and O–H groups in total. The fourth-order valence-electron chi connectivity index (χ4n) is 3.31. The van der Waals surface area contributed by atoms with Gasteiger partial charge in [-0.3, -0.25) is 4.79 Å². The largest absolute Gasteiger partial charge is 0.504 e. The van der Waals surface area contributed by atoms with E-state index in [4.69, 9.17) is 4.74 Å². The molecule has 0 radical (unpaired) electrons. The summed E-state index contributed by atoms with van der Waals surface area (Å²) in [4.78, 5) is 25.2. The highest BCUT2D eigenvalue weighted by Gasteiger charge is 2.25. The molecular formula is C22H17NO5S. The molecule has 1 aliphatic heterocycles. The normalized spacial score (nSPS) is 14.0. The van der Waals surface area contributed by atoms with Crippen LogP contribution < -0.4 is 10.1 Å². The van der Waals surface area contributed by atoms with E-state index in [1.807, 2.05) is 18.2 Å². The topological polar surface area (TPSA) is 95.9 Å². The van der Waals surface area contributed by atoms with Gasteiger partial charge in [-0.25, -0.2) is 4.79 Å². The Morgan fingerprint density at radius 1 is 1.14 bits per heavy atom. The van der Waals surface area contributed by atoms with Gasteiger partial charge in [0, 0.05) is 21.0 Å². The number of carbonyl (C=O) groups is 2. The second-order valence-corrected chi connectivity index (χ2v) is 7.87. The van der Waals surface area contributed by atoms with Crippen LogP contribution in [0.4, 0.5) is 5.69 Å².